The number of hydrogen-bond donors (Lipinski definition) is 12. The molecule has 12 N–H and O–H groups in total. The van der Waals surface area contributed by atoms with Gasteiger partial charge in [0, 0.05) is 5.41 Å². The van der Waals surface area contributed by atoms with Gasteiger partial charge in [0.15, 0.2) is 12.6 Å². The number of fused-ring (bicyclic) bond motifs is 7. The highest BCUT2D eigenvalue weighted by Crippen LogP contribution is 2.77. The van der Waals surface area contributed by atoms with Crippen LogP contribution in [0.25, 0.3) is 0 Å². The first kappa shape index (κ1) is 51.9. The Morgan fingerprint density at radius 2 is 1.33 bits per heavy atom. The summed E-state index contributed by atoms with van der Waals surface area (Å²) < 4.78 is 34.6. The Labute approximate surface area is 392 Å². The molecule has 8 fully saturated rings. The van der Waals surface area contributed by atoms with E-state index in [1.807, 2.05) is 13.8 Å². The predicted octanol–water partition coefficient (Wildman–Crippen LogP) is -1.03. The molecule has 8 rings (SSSR count). The summed E-state index contributed by atoms with van der Waals surface area (Å²) in [7, 11) is 0. The molecule has 5 saturated carbocycles. The van der Waals surface area contributed by atoms with Gasteiger partial charge in [-0.15, -0.1) is 0 Å². The van der Waals surface area contributed by atoms with Crippen LogP contribution in [0.3, 0.4) is 0 Å². The molecular formula is C48H78O19. The quantitative estimate of drug-likeness (QED) is 0.0920. The number of hydrogen-bond acceptors (Lipinski definition) is 19. The Balaban J connectivity index is 0.978. The normalized spacial score (nSPS) is 56.5. The van der Waals surface area contributed by atoms with E-state index < -0.39 is 134 Å². The van der Waals surface area contributed by atoms with Crippen molar-refractivity contribution in [2.45, 2.75) is 204 Å². The van der Waals surface area contributed by atoms with Crippen LogP contribution in [0.2, 0.25) is 0 Å². The SMILES string of the molecule is C=C(C)[C@@H]1CC[C@]2(C(=O)O[C@@H]3O[C@H](CO[C@@H]4O[C@H](CO)[C@@H](O[C@@H]5O[C@@H](C)[C@H](O)[C@@H](O)[C@H]5O)[C@@H](O)[C@H]4O)[C@@H](O)[C@H](O)[C@H]3O)CC[C@]3(C)[C@H](C[C@@H](O)[C@@H]4[C@@]5(C)CC[C@@H](O)[C@@](C)(CO)[C@@H]5CC[C@]43C)[C@H]12. The van der Waals surface area contributed by atoms with Crippen LogP contribution >= 0.6 is 0 Å². The van der Waals surface area contributed by atoms with Gasteiger partial charge in [0.25, 0.3) is 0 Å². The highest BCUT2D eigenvalue weighted by Gasteiger charge is 2.74. The van der Waals surface area contributed by atoms with Gasteiger partial charge in [-0.3, -0.25) is 4.79 Å². The Kier molecular flexibility index (Phi) is 14.4. The summed E-state index contributed by atoms with van der Waals surface area (Å²) >= 11 is 0. The number of rotatable bonds is 10. The van der Waals surface area contributed by atoms with Gasteiger partial charge in [0.2, 0.25) is 6.29 Å². The van der Waals surface area contributed by atoms with Gasteiger partial charge in [0.05, 0.1) is 43.5 Å². The molecule has 0 bridgehead atoms. The fourth-order valence-corrected chi connectivity index (χ4v) is 15.8. The van der Waals surface area contributed by atoms with Gasteiger partial charge >= 0.3 is 5.97 Å². The summed E-state index contributed by atoms with van der Waals surface area (Å²) in [5.41, 5.74) is -1.89. The molecule has 67 heavy (non-hydrogen) atoms. The van der Waals surface area contributed by atoms with Crippen molar-refractivity contribution in [2.75, 3.05) is 19.8 Å². The average Bonchev–Trinajstić information content (AvgIpc) is 3.70. The molecule has 0 amide bonds. The fourth-order valence-electron chi connectivity index (χ4n) is 15.8. The second-order valence-corrected chi connectivity index (χ2v) is 23.0. The van der Waals surface area contributed by atoms with Crippen molar-refractivity contribution in [3.63, 3.8) is 0 Å². The van der Waals surface area contributed by atoms with Crippen molar-refractivity contribution in [1.82, 2.24) is 0 Å². The van der Waals surface area contributed by atoms with Crippen LogP contribution in [0.1, 0.15) is 99.3 Å². The zero-order valence-electron chi connectivity index (χ0n) is 39.6. The van der Waals surface area contributed by atoms with Crippen LogP contribution in [0.4, 0.5) is 0 Å². The number of carbonyl (C=O) groups excluding carboxylic acids is 1. The zero-order chi connectivity index (χ0) is 49.1. The van der Waals surface area contributed by atoms with E-state index in [9.17, 15) is 66.1 Å². The second-order valence-electron chi connectivity index (χ2n) is 23.0. The maximum atomic E-state index is 15.0. The van der Waals surface area contributed by atoms with E-state index in [0.717, 1.165) is 24.8 Å². The summed E-state index contributed by atoms with van der Waals surface area (Å²) in [4.78, 5) is 15.0. The highest BCUT2D eigenvalue weighted by molar-refractivity contribution is 5.78. The van der Waals surface area contributed by atoms with Crippen LogP contribution in [0.5, 0.6) is 0 Å². The van der Waals surface area contributed by atoms with Crippen molar-refractivity contribution in [2.24, 2.45) is 56.7 Å². The van der Waals surface area contributed by atoms with Crippen molar-refractivity contribution in [1.29, 1.82) is 0 Å². The highest BCUT2D eigenvalue weighted by atomic mass is 16.8. The zero-order valence-corrected chi connectivity index (χ0v) is 39.6. The Bertz CT molecular complexity index is 1810. The number of carbonyl (C=O) groups is 1. The third-order valence-electron chi connectivity index (χ3n) is 19.8. The van der Waals surface area contributed by atoms with Crippen LogP contribution in [-0.2, 0) is 33.2 Å². The summed E-state index contributed by atoms with van der Waals surface area (Å²) in [6.45, 7) is 15.0. The third-order valence-corrected chi connectivity index (χ3v) is 19.8. The molecule has 27 atom stereocenters. The van der Waals surface area contributed by atoms with Gasteiger partial charge in [-0.05, 0) is 117 Å². The van der Waals surface area contributed by atoms with Crippen LogP contribution in [0, 0.1) is 56.7 Å². The third kappa shape index (κ3) is 7.92. The van der Waals surface area contributed by atoms with Crippen molar-refractivity contribution in [3.8, 4) is 0 Å². The molecule has 0 unspecified atom stereocenters. The van der Waals surface area contributed by atoms with E-state index in [0.29, 0.717) is 38.5 Å². The van der Waals surface area contributed by atoms with Gasteiger partial charge < -0.3 is 89.7 Å². The molecule has 0 aromatic carbocycles. The average molecular weight is 959 g/mol. The standard InChI is InChI=1S/C48H78O19/c1-20(2)22-8-13-48(15-14-46(6)23(29(22)48)16-24(51)39-44(4)11-10-28(52)45(5,19-50)27(44)9-12-47(39,46)7)43(61)67-42-36(59)33(56)31(54)26(65-42)18-62-40-37(60)34(57)38(25(17-49)64-40)66-41-35(58)32(55)30(53)21(3)63-41/h21-42,49-60H,1,8-19H2,2-7H3/t21-,22-,23+,24+,25+,26+,27+,28+,29-,30-,31+,32+,33-,34-,35+,36+,37+,38+,39+,40+,41-,42-,44-,45-,46+,47+,48-/m0/s1. The van der Waals surface area contributed by atoms with E-state index >= 15 is 0 Å². The van der Waals surface area contributed by atoms with E-state index in [2.05, 4.69) is 27.4 Å². The minimum absolute atomic E-state index is 0.00507. The maximum Gasteiger partial charge on any atom is 0.314 e. The van der Waals surface area contributed by atoms with Crippen molar-refractivity contribution < 1.29 is 94.5 Å². The lowest BCUT2D eigenvalue weighted by Crippen LogP contribution is -2.71. The molecule has 3 heterocycles. The summed E-state index contributed by atoms with van der Waals surface area (Å²) in [5.74, 6) is -1.26. The molecule has 3 aliphatic heterocycles. The minimum Gasteiger partial charge on any atom is -0.432 e. The molecule has 19 heteroatoms. The number of ether oxygens (including phenoxy) is 6. The first-order valence-electron chi connectivity index (χ1n) is 24.5. The molecule has 0 spiro atoms. The Morgan fingerprint density at radius 1 is 0.687 bits per heavy atom. The molecule has 0 radical (unpaired) electrons. The predicted molar refractivity (Wildman–Crippen MR) is 231 cm³/mol. The summed E-state index contributed by atoms with van der Waals surface area (Å²) in [5, 5.41) is 131. The van der Waals surface area contributed by atoms with E-state index in [1.165, 1.54) is 6.92 Å². The number of aliphatic hydroxyl groups excluding tert-OH is 12. The van der Waals surface area contributed by atoms with Gasteiger partial charge in [-0.2, -0.15) is 0 Å². The number of aliphatic hydroxyl groups is 12. The van der Waals surface area contributed by atoms with Gasteiger partial charge in [-0.25, -0.2) is 0 Å². The molecule has 5 aliphatic carbocycles. The summed E-state index contributed by atoms with van der Waals surface area (Å²) in [6.07, 6.45) is -20.4. The van der Waals surface area contributed by atoms with Crippen molar-refractivity contribution in [3.05, 3.63) is 12.2 Å². The number of allylic oxidation sites excluding steroid dienone is 1. The monoisotopic (exact) mass is 959 g/mol. The fraction of sp³-hybridized carbons (Fsp3) is 0.938. The smallest absolute Gasteiger partial charge is 0.314 e. The molecule has 0 aromatic rings. The Hall–Kier alpha value is -1.47. The maximum absolute atomic E-state index is 15.0. The van der Waals surface area contributed by atoms with Gasteiger partial charge in [0.1, 0.15) is 67.1 Å². The van der Waals surface area contributed by atoms with E-state index in [1.54, 1.807) is 0 Å². The van der Waals surface area contributed by atoms with Gasteiger partial charge in [-0.1, -0.05) is 39.8 Å². The lowest BCUT2D eigenvalue weighted by Gasteiger charge is -2.73. The molecule has 19 nitrogen and oxygen atoms in total. The first-order valence-corrected chi connectivity index (χ1v) is 24.5. The summed E-state index contributed by atoms with van der Waals surface area (Å²) in [6, 6.07) is 0. The largest absolute Gasteiger partial charge is 0.432 e. The lowest BCUT2D eigenvalue weighted by atomic mass is 9.31. The van der Waals surface area contributed by atoms with Crippen LogP contribution < -0.4 is 0 Å². The van der Waals surface area contributed by atoms with E-state index in [4.69, 9.17) is 28.4 Å². The molecule has 384 valence electrons. The van der Waals surface area contributed by atoms with Crippen molar-refractivity contribution >= 4 is 5.97 Å². The Morgan fingerprint density at radius 3 is 1.99 bits per heavy atom. The molecule has 8 aliphatic rings. The molecule has 3 saturated heterocycles. The molecule has 0 aromatic heterocycles. The van der Waals surface area contributed by atoms with E-state index in [-0.39, 0.29) is 52.4 Å². The van der Waals surface area contributed by atoms with Crippen LogP contribution in [-0.4, -0.2) is 191 Å². The first-order chi connectivity index (χ1) is 31.4. The number of esters is 1. The lowest BCUT2D eigenvalue weighted by molar-refractivity contribution is -0.361. The minimum atomic E-state index is -1.88. The molecular weight excluding hydrogens is 881 g/mol. The topological polar surface area (TPSA) is 315 Å². The second kappa shape index (κ2) is 18.5. The van der Waals surface area contributed by atoms with Crippen LogP contribution in [0.15, 0.2) is 12.2 Å².